The van der Waals surface area contributed by atoms with Gasteiger partial charge in [-0.1, -0.05) is 39.5 Å². The summed E-state index contributed by atoms with van der Waals surface area (Å²) in [7, 11) is 0. The zero-order valence-corrected chi connectivity index (χ0v) is 16.1. The van der Waals surface area contributed by atoms with Crippen LogP contribution in [0.2, 0.25) is 0 Å². The van der Waals surface area contributed by atoms with Crippen molar-refractivity contribution in [2.24, 2.45) is 17.8 Å². The number of fused-ring (bicyclic) bond motifs is 1. The van der Waals surface area contributed by atoms with Gasteiger partial charge < -0.3 is 14.2 Å². The van der Waals surface area contributed by atoms with Crippen molar-refractivity contribution in [2.75, 3.05) is 13.2 Å². The topological polar surface area (TPSA) is 44.8 Å². The first-order valence-corrected chi connectivity index (χ1v) is 10.6. The largest absolute Gasteiger partial charge is 0.462 e. The van der Waals surface area contributed by atoms with Crippen LogP contribution in [0.3, 0.4) is 0 Å². The van der Waals surface area contributed by atoms with E-state index in [4.69, 9.17) is 14.2 Å². The SMILES string of the molecule is CCCCCCCC1(CC[C@H]2C(C)CC3OC(=O)CC32)OCCCO1. The molecule has 4 nitrogen and oxygen atoms in total. The molecule has 3 aliphatic rings. The molecule has 0 N–H and O–H groups in total. The summed E-state index contributed by atoms with van der Waals surface area (Å²) in [4.78, 5) is 11.6. The highest BCUT2D eigenvalue weighted by Gasteiger charge is 2.49. The van der Waals surface area contributed by atoms with E-state index in [2.05, 4.69) is 13.8 Å². The van der Waals surface area contributed by atoms with Gasteiger partial charge in [0.1, 0.15) is 6.10 Å². The summed E-state index contributed by atoms with van der Waals surface area (Å²) in [5, 5.41) is 0. The summed E-state index contributed by atoms with van der Waals surface area (Å²) in [5.41, 5.74) is 0. The summed E-state index contributed by atoms with van der Waals surface area (Å²) in [6.07, 6.45) is 12.3. The lowest BCUT2D eigenvalue weighted by Crippen LogP contribution is -2.41. The fourth-order valence-corrected chi connectivity index (χ4v) is 5.16. The fourth-order valence-electron chi connectivity index (χ4n) is 5.16. The molecule has 0 aromatic carbocycles. The third-order valence-corrected chi connectivity index (χ3v) is 6.59. The third kappa shape index (κ3) is 4.77. The molecule has 25 heavy (non-hydrogen) atoms. The first kappa shape index (κ1) is 19.2. The van der Waals surface area contributed by atoms with Crippen LogP contribution in [0.4, 0.5) is 0 Å². The molecule has 2 heterocycles. The van der Waals surface area contributed by atoms with E-state index >= 15 is 0 Å². The van der Waals surface area contributed by atoms with E-state index in [-0.39, 0.29) is 17.9 Å². The van der Waals surface area contributed by atoms with Gasteiger partial charge in [-0.2, -0.15) is 0 Å². The molecule has 3 rings (SSSR count). The van der Waals surface area contributed by atoms with E-state index in [1.165, 1.54) is 32.1 Å². The Morgan fingerprint density at radius 2 is 1.84 bits per heavy atom. The predicted molar refractivity (Wildman–Crippen MR) is 97.1 cm³/mol. The van der Waals surface area contributed by atoms with Gasteiger partial charge in [-0.05, 0) is 37.5 Å². The summed E-state index contributed by atoms with van der Waals surface area (Å²) < 4.78 is 17.9. The molecule has 1 aliphatic carbocycles. The molecule has 3 unspecified atom stereocenters. The maximum absolute atomic E-state index is 11.6. The minimum absolute atomic E-state index is 0.00250. The van der Waals surface area contributed by atoms with Crippen LogP contribution in [-0.2, 0) is 19.0 Å². The highest BCUT2D eigenvalue weighted by molar-refractivity contribution is 5.72. The normalized spacial score (nSPS) is 34.1. The Kier molecular flexibility index (Phi) is 6.79. The summed E-state index contributed by atoms with van der Waals surface area (Å²) in [6.45, 7) is 6.21. The molecule has 0 radical (unpaired) electrons. The number of esters is 1. The van der Waals surface area contributed by atoms with E-state index < -0.39 is 0 Å². The first-order valence-electron chi connectivity index (χ1n) is 10.6. The molecule has 0 aromatic rings. The second-order valence-electron chi connectivity index (χ2n) is 8.44. The van der Waals surface area contributed by atoms with Crippen molar-refractivity contribution in [3.8, 4) is 0 Å². The quantitative estimate of drug-likeness (QED) is 0.439. The zero-order chi connectivity index (χ0) is 17.7. The number of ether oxygens (including phenoxy) is 3. The molecule has 2 aliphatic heterocycles. The Bertz CT molecular complexity index is 430. The maximum Gasteiger partial charge on any atom is 0.306 e. The molecule has 0 bridgehead atoms. The average Bonchev–Trinajstić information content (AvgIpc) is 3.09. The van der Waals surface area contributed by atoms with Crippen molar-refractivity contribution >= 4 is 5.97 Å². The van der Waals surface area contributed by atoms with Crippen LogP contribution in [0.15, 0.2) is 0 Å². The first-order chi connectivity index (χ1) is 12.1. The standard InChI is InChI=1S/C21H36O4/c1-3-4-5-6-7-10-21(23-12-8-13-24-21)11-9-17-16(2)14-19-18(17)15-20(22)25-19/h16-19H,3-15H2,1-2H3/t16?,17-,18?,19?/m0/s1. The average molecular weight is 353 g/mol. The van der Waals surface area contributed by atoms with Gasteiger partial charge in [0.15, 0.2) is 5.79 Å². The smallest absolute Gasteiger partial charge is 0.306 e. The predicted octanol–water partition coefficient (Wildman–Crippen LogP) is 4.85. The van der Waals surface area contributed by atoms with Gasteiger partial charge in [0.2, 0.25) is 0 Å². The fraction of sp³-hybridized carbons (Fsp3) is 0.952. The Morgan fingerprint density at radius 1 is 1.08 bits per heavy atom. The van der Waals surface area contributed by atoms with Gasteiger partial charge in [-0.3, -0.25) is 4.79 Å². The Morgan fingerprint density at radius 3 is 2.60 bits per heavy atom. The summed E-state index contributed by atoms with van der Waals surface area (Å²) in [6, 6.07) is 0. The summed E-state index contributed by atoms with van der Waals surface area (Å²) >= 11 is 0. The number of hydrogen-bond acceptors (Lipinski definition) is 4. The maximum atomic E-state index is 11.6. The van der Waals surface area contributed by atoms with Crippen LogP contribution in [0.5, 0.6) is 0 Å². The Balaban J connectivity index is 1.52. The summed E-state index contributed by atoms with van der Waals surface area (Å²) in [5.74, 6) is 1.26. The number of unbranched alkanes of at least 4 members (excludes halogenated alkanes) is 4. The van der Waals surface area contributed by atoms with E-state index in [0.717, 1.165) is 45.3 Å². The number of hydrogen-bond donors (Lipinski definition) is 0. The number of rotatable bonds is 9. The lowest BCUT2D eigenvalue weighted by atomic mass is 9.83. The molecule has 4 heteroatoms. The molecule has 4 atom stereocenters. The number of carbonyl (C=O) groups is 1. The molecule has 144 valence electrons. The van der Waals surface area contributed by atoms with Gasteiger partial charge in [0, 0.05) is 18.8 Å². The van der Waals surface area contributed by atoms with Crippen molar-refractivity contribution < 1.29 is 19.0 Å². The monoisotopic (exact) mass is 352 g/mol. The third-order valence-electron chi connectivity index (χ3n) is 6.59. The van der Waals surface area contributed by atoms with Crippen LogP contribution in [0.1, 0.15) is 84.5 Å². The van der Waals surface area contributed by atoms with Crippen molar-refractivity contribution in [1.82, 2.24) is 0 Å². The Hall–Kier alpha value is -0.610. The minimum atomic E-state index is -0.369. The van der Waals surface area contributed by atoms with E-state index in [1.54, 1.807) is 0 Å². The van der Waals surface area contributed by atoms with E-state index in [0.29, 0.717) is 24.2 Å². The van der Waals surface area contributed by atoms with Gasteiger partial charge in [-0.15, -0.1) is 0 Å². The molecular weight excluding hydrogens is 316 g/mol. The molecule has 3 fully saturated rings. The van der Waals surface area contributed by atoms with Gasteiger partial charge >= 0.3 is 5.97 Å². The second kappa shape index (κ2) is 8.85. The zero-order valence-electron chi connectivity index (χ0n) is 16.1. The lowest BCUT2D eigenvalue weighted by molar-refractivity contribution is -0.275. The molecule has 1 saturated carbocycles. The van der Waals surface area contributed by atoms with Crippen LogP contribution in [-0.4, -0.2) is 31.1 Å². The molecule has 0 spiro atoms. The number of carbonyl (C=O) groups excluding carboxylic acids is 1. The van der Waals surface area contributed by atoms with Crippen LogP contribution in [0.25, 0.3) is 0 Å². The van der Waals surface area contributed by atoms with E-state index in [9.17, 15) is 4.79 Å². The van der Waals surface area contributed by atoms with Gasteiger partial charge in [0.05, 0.1) is 19.6 Å². The molecular formula is C21H36O4. The molecule has 0 amide bonds. The van der Waals surface area contributed by atoms with Crippen LogP contribution < -0.4 is 0 Å². The second-order valence-corrected chi connectivity index (χ2v) is 8.44. The van der Waals surface area contributed by atoms with Crippen molar-refractivity contribution in [1.29, 1.82) is 0 Å². The van der Waals surface area contributed by atoms with Gasteiger partial charge in [-0.25, -0.2) is 0 Å². The lowest BCUT2D eigenvalue weighted by Gasteiger charge is -2.39. The Labute approximate surface area is 153 Å². The van der Waals surface area contributed by atoms with E-state index in [1.807, 2.05) is 0 Å². The minimum Gasteiger partial charge on any atom is -0.462 e. The van der Waals surface area contributed by atoms with Crippen LogP contribution in [0, 0.1) is 17.8 Å². The highest BCUT2D eigenvalue weighted by atomic mass is 16.7. The van der Waals surface area contributed by atoms with Gasteiger partial charge in [0.25, 0.3) is 0 Å². The van der Waals surface area contributed by atoms with Crippen LogP contribution >= 0.6 is 0 Å². The molecule has 0 aromatic heterocycles. The highest BCUT2D eigenvalue weighted by Crippen LogP contribution is 2.48. The van der Waals surface area contributed by atoms with Crippen molar-refractivity contribution in [3.05, 3.63) is 0 Å². The van der Waals surface area contributed by atoms with Crippen molar-refractivity contribution in [2.45, 2.75) is 96.4 Å². The molecule has 2 saturated heterocycles. The van der Waals surface area contributed by atoms with Crippen molar-refractivity contribution in [3.63, 3.8) is 0 Å².